The smallest absolute Gasteiger partial charge is 0.191 e. The van der Waals surface area contributed by atoms with Crippen LogP contribution in [0.3, 0.4) is 0 Å². The van der Waals surface area contributed by atoms with E-state index in [-0.39, 0.29) is 24.0 Å². The summed E-state index contributed by atoms with van der Waals surface area (Å²) >= 11 is 5.22. The number of thiophene rings is 1. The Hall–Kier alpha value is 0.140. The monoisotopic (exact) mass is 498 g/mol. The molecule has 0 spiro atoms. The van der Waals surface area contributed by atoms with E-state index in [0.29, 0.717) is 12.0 Å². The Balaban J connectivity index is 0.00000176. The maximum Gasteiger partial charge on any atom is 0.191 e. The van der Waals surface area contributed by atoms with Gasteiger partial charge in [-0.3, -0.25) is 9.89 Å². The summed E-state index contributed by atoms with van der Waals surface area (Å²) in [6.45, 7) is 5.52. The second-order valence-corrected chi connectivity index (χ2v) is 8.39. The maximum atomic E-state index is 4.36. The Morgan fingerprint density at radius 2 is 2.23 bits per heavy atom. The Morgan fingerprint density at radius 1 is 1.45 bits per heavy atom. The maximum absolute atomic E-state index is 4.36. The van der Waals surface area contributed by atoms with Crippen LogP contribution in [-0.4, -0.2) is 43.1 Å². The van der Waals surface area contributed by atoms with Gasteiger partial charge in [-0.1, -0.05) is 6.92 Å². The van der Waals surface area contributed by atoms with Crippen LogP contribution in [0.25, 0.3) is 0 Å². The van der Waals surface area contributed by atoms with Crippen LogP contribution in [0.2, 0.25) is 0 Å². The van der Waals surface area contributed by atoms with Crippen molar-refractivity contribution in [3.05, 3.63) is 20.8 Å². The first kappa shape index (κ1) is 18.5. The molecule has 3 rings (SSSR count). The molecule has 0 radical (unpaired) electrons. The van der Waals surface area contributed by atoms with Crippen LogP contribution in [0.4, 0.5) is 0 Å². The first-order valence-corrected chi connectivity index (χ1v) is 9.27. The van der Waals surface area contributed by atoms with E-state index in [9.17, 15) is 0 Å². The SMILES string of the molecule is CN=C(NCc1csc(Br)c1)NC1CN(C2CC2)CC1C.I. The van der Waals surface area contributed by atoms with Crippen molar-refractivity contribution in [3.8, 4) is 0 Å². The van der Waals surface area contributed by atoms with Gasteiger partial charge < -0.3 is 10.6 Å². The van der Waals surface area contributed by atoms with Crippen LogP contribution in [0.15, 0.2) is 20.2 Å². The fraction of sp³-hybridized carbons (Fsp3) is 0.667. The third-order valence-corrected chi connectivity index (χ3v) is 5.88. The lowest BCUT2D eigenvalue weighted by Crippen LogP contribution is -2.46. The van der Waals surface area contributed by atoms with Gasteiger partial charge in [0, 0.05) is 38.8 Å². The summed E-state index contributed by atoms with van der Waals surface area (Å²) in [5.74, 6) is 1.59. The molecular weight excluding hydrogens is 475 g/mol. The Bertz CT molecular complexity index is 517. The molecule has 1 aliphatic heterocycles. The van der Waals surface area contributed by atoms with E-state index in [1.807, 2.05) is 7.05 Å². The molecule has 1 saturated carbocycles. The molecule has 4 nitrogen and oxygen atoms in total. The van der Waals surface area contributed by atoms with Gasteiger partial charge in [-0.15, -0.1) is 35.3 Å². The van der Waals surface area contributed by atoms with Gasteiger partial charge in [-0.2, -0.15) is 0 Å². The largest absolute Gasteiger partial charge is 0.352 e. The summed E-state index contributed by atoms with van der Waals surface area (Å²) in [4.78, 5) is 6.99. The van der Waals surface area contributed by atoms with Gasteiger partial charge in [-0.05, 0) is 51.7 Å². The average molecular weight is 499 g/mol. The minimum Gasteiger partial charge on any atom is -0.352 e. The van der Waals surface area contributed by atoms with Crippen molar-refractivity contribution in [2.24, 2.45) is 10.9 Å². The van der Waals surface area contributed by atoms with E-state index in [1.54, 1.807) is 11.3 Å². The number of rotatable bonds is 4. The number of halogens is 2. The molecule has 0 bridgehead atoms. The van der Waals surface area contributed by atoms with E-state index in [4.69, 9.17) is 0 Å². The third kappa shape index (κ3) is 4.82. The summed E-state index contributed by atoms with van der Waals surface area (Å²) in [7, 11) is 1.84. The average Bonchev–Trinajstić information content (AvgIpc) is 3.14. The van der Waals surface area contributed by atoms with Crippen LogP contribution in [-0.2, 0) is 6.54 Å². The molecule has 124 valence electrons. The predicted molar refractivity (Wildman–Crippen MR) is 108 cm³/mol. The summed E-state index contributed by atoms with van der Waals surface area (Å²) in [6, 6.07) is 3.52. The summed E-state index contributed by atoms with van der Waals surface area (Å²) in [6.07, 6.45) is 2.78. The first-order valence-electron chi connectivity index (χ1n) is 7.60. The number of guanidine groups is 1. The lowest BCUT2D eigenvalue weighted by molar-refractivity contribution is 0.315. The molecular formula is C15H24BrIN4S. The number of likely N-dealkylation sites (tertiary alicyclic amines) is 1. The normalized spacial score (nSPS) is 25.9. The molecule has 1 aromatic rings. The van der Waals surface area contributed by atoms with Crippen molar-refractivity contribution in [3.63, 3.8) is 0 Å². The molecule has 7 heteroatoms. The molecule has 1 saturated heterocycles. The zero-order chi connectivity index (χ0) is 14.8. The molecule has 0 aromatic carbocycles. The molecule has 1 aromatic heterocycles. The molecule has 2 unspecified atom stereocenters. The standard InChI is InChI=1S/C15H23BrN4S.HI/c1-10-7-20(12-3-4-12)8-13(10)19-15(17-2)18-6-11-5-14(16)21-9-11;/h5,9-10,12-13H,3-4,6-8H2,1-2H3,(H2,17,18,19);1H. The Morgan fingerprint density at radius 3 is 2.82 bits per heavy atom. The van der Waals surface area contributed by atoms with Crippen molar-refractivity contribution in [2.75, 3.05) is 20.1 Å². The highest BCUT2D eigenvalue weighted by Crippen LogP contribution is 2.31. The zero-order valence-corrected chi connectivity index (χ0v) is 17.7. The lowest BCUT2D eigenvalue weighted by atomic mass is 10.1. The van der Waals surface area contributed by atoms with Crippen molar-refractivity contribution in [1.82, 2.24) is 15.5 Å². The van der Waals surface area contributed by atoms with Crippen molar-refractivity contribution in [1.29, 1.82) is 0 Å². The topological polar surface area (TPSA) is 39.7 Å². The van der Waals surface area contributed by atoms with Crippen LogP contribution < -0.4 is 10.6 Å². The minimum atomic E-state index is 0. The highest BCUT2D eigenvalue weighted by Gasteiger charge is 2.38. The van der Waals surface area contributed by atoms with E-state index >= 15 is 0 Å². The van der Waals surface area contributed by atoms with Crippen LogP contribution in [0.5, 0.6) is 0 Å². The van der Waals surface area contributed by atoms with Gasteiger partial charge in [0.25, 0.3) is 0 Å². The predicted octanol–water partition coefficient (Wildman–Crippen LogP) is 3.28. The third-order valence-electron chi connectivity index (χ3n) is 4.33. The van der Waals surface area contributed by atoms with Crippen molar-refractivity contribution < 1.29 is 0 Å². The molecule has 2 heterocycles. The van der Waals surface area contributed by atoms with Gasteiger partial charge in [0.15, 0.2) is 5.96 Å². The first-order chi connectivity index (χ1) is 10.2. The zero-order valence-electron chi connectivity index (χ0n) is 13.0. The van der Waals surface area contributed by atoms with E-state index in [1.165, 1.54) is 28.7 Å². The van der Waals surface area contributed by atoms with Gasteiger partial charge in [0.05, 0.1) is 3.79 Å². The Labute approximate surface area is 162 Å². The molecule has 1 aliphatic carbocycles. The molecule has 0 amide bonds. The van der Waals surface area contributed by atoms with E-state index in [2.05, 4.69) is 54.8 Å². The molecule has 2 atom stereocenters. The van der Waals surface area contributed by atoms with Crippen LogP contribution in [0, 0.1) is 5.92 Å². The Kier molecular flexibility index (Phi) is 6.97. The van der Waals surface area contributed by atoms with Crippen molar-refractivity contribution in [2.45, 2.75) is 38.4 Å². The highest BCUT2D eigenvalue weighted by atomic mass is 127. The number of nitrogens with zero attached hydrogens (tertiary/aromatic N) is 2. The van der Waals surface area contributed by atoms with Gasteiger partial charge >= 0.3 is 0 Å². The number of hydrogen-bond donors (Lipinski definition) is 2. The summed E-state index contributed by atoms with van der Waals surface area (Å²) < 4.78 is 1.17. The molecule has 2 N–H and O–H groups in total. The van der Waals surface area contributed by atoms with Crippen molar-refractivity contribution >= 4 is 57.2 Å². The number of nitrogens with one attached hydrogen (secondary N) is 2. The molecule has 2 fully saturated rings. The van der Waals surface area contributed by atoms with Gasteiger partial charge in [0.1, 0.15) is 0 Å². The van der Waals surface area contributed by atoms with Crippen LogP contribution >= 0.6 is 51.2 Å². The molecule has 2 aliphatic rings. The fourth-order valence-corrected chi connectivity index (χ4v) is 4.13. The summed E-state index contributed by atoms with van der Waals surface area (Å²) in [5, 5.41) is 9.17. The highest BCUT2D eigenvalue weighted by molar-refractivity contribution is 14.0. The fourth-order valence-electron chi connectivity index (χ4n) is 2.92. The number of hydrogen-bond acceptors (Lipinski definition) is 3. The van der Waals surface area contributed by atoms with Gasteiger partial charge in [0.2, 0.25) is 0 Å². The van der Waals surface area contributed by atoms with Crippen LogP contribution in [0.1, 0.15) is 25.3 Å². The quantitative estimate of drug-likeness (QED) is 0.380. The summed E-state index contributed by atoms with van der Waals surface area (Å²) in [5.41, 5.74) is 1.29. The minimum absolute atomic E-state index is 0. The van der Waals surface area contributed by atoms with E-state index < -0.39 is 0 Å². The van der Waals surface area contributed by atoms with E-state index in [0.717, 1.165) is 25.1 Å². The molecule has 22 heavy (non-hydrogen) atoms. The second-order valence-electron chi connectivity index (χ2n) is 6.10. The number of aliphatic imine (C=N–C) groups is 1. The lowest BCUT2D eigenvalue weighted by Gasteiger charge is -2.20. The second kappa shape index (κ2) is 8.30. The van der Waals surface area contributed by atoms with Gasteiger partial charge in [-0.25, -0.2) is 0 Å².